The second-order valence-corrected chi connectivity index (χ2v) is 4.64. The summed E-state index contributed by atoms with van der Waals surface area (Å²) in [6.45, 7) is 0. The van der Waals surface area contributed by atoms with Crippen molar-refractivity contribution in [1.29, 1.82) is 0 Å². The van der Waals surface area contributed by atoms with Crippen molar-refractivity contribution in [2.45, 2.75) is 0 Å². The van der Waals surface area contributed by atoms with Gasteiger partial charge in [-0.05, 0) is 41.5 Å². The van der Waals surface area contributed by atoms with Gasteiger partial charge in [-0.1, -0.05) is 18.2 Å². The summed E-state index contributed by atoms with van der Waals surface area (Å²) < 4.78 is 4.67. The number of methoxy groups -OCH3 is 1. The molecule has 104 valence electrons. The fraction of sp³-hybridized carbons (Fsp3) is 0.0588. The van der Waals surface area contributed by atoms with Gasteiger partial charge in [-0.3, -0.25) is 4.98 Å². The maximum absolute atomic E-state index is 11.4. The summed E-state index contributed by atoms with van der Waals surface area (Å²) in [4.78, 5) is 15.6. The van der Waals surface area contributed by atoms with Gasteiger partial charge in [0.25, 0.3) is 0 Å². The average molecular weight is 279 g/mol. The highest BCUT2D eigenvalue weighted by Crippen LogP contribution is 2.30. The van der Waals surface area contributed by atoms with E-state index in [0.29, 0.717) is 11.1 Å². The number of fused-ring (bicyclic) bond motifs is 1. The lowest BCUT2D eigenvalue weighted by Gasteiger charge is -2.07. The van der Waals surface area contributed by atoms with Crippen LogP contribution in [-0.2, 0) is 4.74 Å². The van der Waals surface area contributed by atoms with Crippen LogP contribution in [0.4, 0.5) is 0 Å². The van der Waals surface area contributed by atoms with E-state index in [1.165, 1.54) is 7.11 Å². The van der Waals surface area contributed by atoms with Crippen molar-refractivity contribution in [2.24, 2.45) is 0 Å². The number of benzene rings is 2. The molecule has 3 rings (SSSR count). The Hall–Kier alpha value is -2.88. The number of esters is 1. The smallest absolute Gasteiger partial charge is 0.337 e. The molecule has 21 heavy (non-hydrogen) atoms. The van der Waals surface area contributed by atoms with Gasteiger partial charge in [0.2, 0.25) is 0 Å². The maximum Gasteiger partial charge on any atom is 0.337 e. The summed E-state index contributed by atoms with van der Waals surface area (Å²) in [6.07, 6.45) is 1.65. The molecule has 0 radical (unpaired) electrons. The van der Waals surface area contributed by atoms with Crippen molar-refractivity contribution in [3.8, 4) is 16.9 Å². The van der Waals surface area contributed by atoms with Gasteiger partial charge in [-0.25, -0.2) is 4.79 Å². The van der Waals surface area contributed by atoms with Gasteiger partial charge >= 0.3 is 5.97 Å². The molecule has 4 nitrogen and oxygen atoms in total. The number of nitrogens with zero attached hydrogens (tertiary/aromatic N) is 1. The van der Waals surface area contributed by atoms with Crippen LogP contribution in [0.15, 0.2) is 54.7 Å². The van der Waals surface area contributed by atoms with E-state index in [0.717, 1.165) is 16.5 Å². The number of pyridine rings is 1. The van der Waals surface area contributed by atoms with Crippen LogP contribution in [0.2, 0.25) is 0 Å². The normalized spacial score (nSPS) is 10.5. The summed E-state index contributed by atoms with van der Waals surface area (Å²) in [5, 5.41) is 10.9. The summed E-state index contributed by atoms with van der Waals surface area (Å²) in [7, 11) is 1.35. The zero-order chi connectivity index (χ0) is 14.8. The zero-order valence-corrected chi connectivity index (χ0v) is 11.4. The largest absolute Gasteiger partial charge is 0.506 e. The number of carbonyl (C=O) groups is 1. The summed E-state index contributed by atoms with van der Waals surface area (Å²) in [5.74, 6) is -0.229. The van der Waals surface area contributed by atoms with Crippen molar-refractivity contribution in [2.75, 3.05) is 7.11 Å². The molecular formula is C17H13NO3. The van der Waals surface area contributed by atoms with Crippen LogP contribution in [0.25, 0.3) is 22.0 Å². The van der Waals surface area contributed by atoms with E-state index in [1.54, 1.807) is 24.4 Å². The minimum atomic E-state index is -0.368. The molecule has 0 saturated carbocycles. The number of aromatic hydroxyl groups is 1. The summed E-state index contributed by atoms with van der Waals surface area (Å²) >= 11 is 0. The number of rotatable bonds is 2. The molecule has 1 N–H and O–H groups in total. The fourth-order valence-corrected chi connectivity index (χ4v) is 2.26. The minimum absolute atomic E-state index is 0.139. The maximum atomic E-state index is 11.4. The lowest BCUT2D eigenvalue weighted by molar-refractivity contribution is 0.0601. The van der Waals surface area contributed by atoms with E-state index >= 15 is 0 Å². The molecule has 3 aromatic rings. The van der Waals surface area contributed by atoms with Crippen molar-refractivity contribution >= 4 is 16.9 Å². The number of phenols is 1. The fourth-order valence-electron chi connectivity index (χ4n) is 2.26. The standard InChI is InChI=1S/C17H13NO3/c1-21-17(20)12-6-4-11(5-7-12)14-9-13-3-2-8-18-16(13)15(19)10-14/h2-10,19H,1H3. The molecule has 0 saturated heterocycles. The molecule has 0 spiro atoms. The van der Waals surface area contributed by atoms with Crippen LogP contribution in [0.1, 0.15) is 10.4 Å². The molecule has 0 atom stereocenters. The average Bonchev–Trinajstić information content (AvgIpc) is 2.54. The van der Waals surface area contributed by atoms with Gasteiger partial charge in [0.05, 0.1) is 12.7 Å². The number of phenolic OH excluding ortho intramolecular Hbond substituents is 1. The Morgan fingerprint density at radius 3 is 2.57 bits per heavy atom. The second kappa shape index (κ2) is 5.25. The number of aromatic nitrogens is 1. The first-order chi connectivity index (χ1) is 10.2. The molecule has 0 amide bonds. The van der Waals surface area contributed by atoms with Gasteiger partial charge in [0.1, 0.15) is 11.3 Å². The highest BCUT2D eigenvalue weighted by molar-refractivity contribution is 5.91. The summed E-state index contributed by atoms with van der Waals surface area (Å²) in [6, 6.07) is 14.4. The number of hydrogen-bond donors (Lipinski definition) is 1. The number of ether oxygens (including phenoxy) is 1. The van der Waals surface area contributed by atoms with Crippen LogP contribution in [0, 0.1) is 0 Å². The third-order valence-electron chi connectivity index (χ3n) is 3.32. The molecule has 0 aliphatic heterocycles. The van der Waals surface area contributed by atoms with E-state index in [-0.39, 0.29) is 11.7 Å². The Bertz CT molecular complexity index is 810. The van der Waals surface area contributed by atoms with Crippen molar-refractivity contribution < 1.29 is 14.6 Å². The Morgan fingerprint density at radius 2 is 1.86 bits per heavy atom. The van der Waals surface area contributed by atoms with Crippen LogP contribution in [0.5, 0.6) is 5.75 Å². The molecule has 1 heterocycles. The minimum Gasteiger partial charge on any atom is -0.506 e. The molecule has 0 fully saturated rings. The predicted molar refractivity (Wildman–Crippen MR) is 80.2 cm³/mol. The Kier molecular flexibility index (Phi) is 3.28. The molecule has 1 aromatic heterocycles. The van der Waals surface area contributed by atoms with E-state index in [9.17, 15) is 9.90 Å². The van der Waals surface area contributed by atoms with Gasteiger partial charge in [-0.2, -0.15) is 0 Å². The molecule has 0 aliphatic rings. The van der Waals surface area contributed by atoms with Gasteiger partial charge in [0, 0.05) is 11.6 Å². The van der Waals surface area contributed by atoms with Crippen molar-refractivity contribution in [3.63, 3.8) is 0 Å². The zero-order valence-electron chi connectivity index (χ0n) is 11.4. The van der Waals surface area contributed by atoms with E-state index in [1.807, 2.05) is 30.3 Å². The Labute approximate surface area is 121 Å². The van der Waals surface area contributed by atoms with E-state index in [2.05, 4.69) is 9.72 Å². The monoisotopic (exact) mass is 279 g/mol. The second-order valence-electron chi connectivity index (χ2n) is 4.64. The molecule has 2 aromatic carbocycles. The van der Waals surface area contributed by atoms with Gasteiger partial charge in [-0.15, -0.1) is 0 Å². The van der Waals surface area contributed by atoms with Crippen molar-refractivity contribution in [3.05, 3.63) is 60.3 Å². The van der Waals surface area contributed by atoms with Crippen molar-refractivity contribution in [1.82, 2.24) is 4.98 Å². The Morgan fingerprint density at radius 1 is 1.10 bits per heavy atom. The Balaban J connectivity index is 2.06. The molecule has 0 unspecified atom stereocenters. The molecule has 4 heteroatoms. The van der Waals surface area contributed by atoms with Gasteiger partial charge < -0.3 is 9.84 Å². The molecular weight excluding hydrogens is 266 g/mol. The SMILES string of the molecule is COC(=O)c1ccc(-c2cc(O)c3ncccc3c2)cc1. The third-order valence-corrected chi connectivity index (χ3v) is 3.32. The number of hydrogen-bond acceptors (Lipinski definition) is 4. The predicted octanol–water partition coefficient (Wildman–Crippen LogP) is 3.39. The van der Waals surface area contributed by atoms with Crippen LogP contribution >= 0.6 is 0 Å². The first kappa shape index (κ1) is 13.1. The highest BCUT2D eigenvalue weighted by Gasteiger charge is 2.08. The van der Waals surface area contributed by atoms with E-state index in [4.69, 9.17) is 0 Å². The molecule has 0 aliphatic carbocycles. The first-order valence-electron chi connectivity index (χ1n) is 6.45. The highest BCUT2D eigenvalue weighted by atomic mass is 16.5. The topological polar surface area (TPSA) is 59.4 Å². The third kappa shape index (κ3) is 2.43. The lowest BCUT2D eigenvalue weighted by atomic mass is 10.0. The molecule has 0 bridgehead atoms. The quantitative estimate of drug-likeness (QED) is 0.730. The summed E-state index contributed by atoms with van der Waals surface area (Å²) in [5.41, 5.74) is 2.84. The van der Waals surface area contributed by atoms with E-state index < -0.39 is 0 Å². The van der Waals surface area contributed by atoms with Crippen LogP contribution in [-0.4, -0.2) is 23.2 Å². The first-order valence-corrected chi connectivity index (χ1v) is 6.45. The van der Waals surface area contributed by atoms with Crippen LogP contribution in [0.3, 0.4) is 0 Å². The van der Waals surface area contributed by atoms with Crippen LogP contribution < -0.4 is 0 Å². The van der Waals surface area contributed by atoms with Gasteiger partial charge in [0.15, 0.2) is 0 Å². The lowest BCUT2D eigenvalue weighted by Crippen LogP contribution is -2.00. The number of carbonyl (C=O) groups excluding carboxylic acids is 1.